The predicted octanol–water partition coefficient (Wildman–Crippen LogP) is 1.64. The quantitative estimate of drug-likeness (QED) is 0.114. The van der Waals surface area contributed by atoms with Gasteiger partial charge in [-0.15, -0.1) is 0 Å². The molecule has 3 rings (SSSR count). The van der Waals surface area contributed by atoms with E-state index in [-0.39, 0.29) is 42.9 Å². The molecule has 0 bridgehead atoms. The summed E-state index contributed by atoms with van der Waals surface area (Å²) in [6, 6.07) is 6.33. The molecule has 15 nitrogen and oxygen atoms in total. The number of amides is 3. The van der Waals surface area contributed by atoms with E-state index in [1.807, 2.05) is 26.0 Å². The lowest BCUT2D eigenvalue weighted by Crippen LogP contribution is -2.49. The monoisotopic (exact) mass is 724 g/mol. The van der Waals surface area contributed by atoms with Crippen LogP contribution in [0, 0.1) is 0 Å². The van der Waals surface area contributed by atoms with Gasteiger partial charge < -0.3 is 39.6 Å². The molecule has 0 spiro atoms. The van der Waals surface area contributed by atoms with Crippen LogP contribution >= 0.6 is 0 Å². The summed E-state index contributed by atoms with van der Waals surface area (Å²) in [7, 11) is 3.11. The lowest BCUT2D eigenvalue weighted by Gasteiger charge is -2.21. The molecule has 1 unspecified atom stereocenters. The maximum absolute atomic E-state index is 13.6. The molecule has 0 aliphatic carbocycles. The number of hydrogen-bond donors (Lipinski definition) is 3. The van der Waals surface area contributed by atoms with E-state index < -0.39 is 6.04 Å². The zero-order chi connectivity index (χ0) is 37.7. The van der Waals surface area contributed by atoms with E-state index in [0.717, 1.165) is 16.7 Å². The Balaban J connectivity index is 1.62. The number of nitrogens with one attached hydrogen (secondary N) is 3. The highest BCUT2D eigenvalue weighted by Crippen LogP contribution is 2.26. The average molecular weight is 725 g/mol. The van der Waals surface area contributed by atoms with Crippen LogP contribution in [0.3, 0.4) is 0 Å². The van der Waals surface area contributed by atoms with Crippen molar-refractivity contribution < 1.29 is 38.1 Å². The van der Waals surface area contributed by atoms with Crippen molar-refractivity contribution in [1.29, 1.82) is 0 Å². The van der Waals surface area contributed by atoms with E-state index in [1.165, 1.54) is 17.8 Å². The van der Waals surface area contributed by atoms with Crippen molar-refractivity contribution in [3.05, 3.63) is 75.5 Å². The van der Waals surface area contributed by atoms with Crippen LogP contribution in [-0.4, -0.2) is 112 Å². The summed E-state index contributed by atoms with van der Waals surface area (Å²) in [5, 5.41) is 12.6. The second kappa shape index (κ2) is 23.0. The van der Waals surface area contributed by atoms with Crippen LogP contribution in [0.1, 0.15) is 47.8 Å². The molecule has 3 aromatic rings. The molecule has 2 heterocycles. The molecule has 0 saturated heterocycles. The molecule has 1 aromatic carbocycles. The van der Waals surface area contributed by atoms with E-state index in [0.29, 0.717) is 88.0 Å². The smallest absolute Gasteiger partial charge is 0.278 e. The summed E-state index contributed by atoms with van der Waals surface area (Å²) in [6.45, 7) is 8.87. The highest BCUT2D eigenvalue weighted by atomic mass is 16.6. The van der Waals surface area contributed by atoms with Crippen molar-refractivity contribution in [2.45, 2.75) is 46.1 Å². The molecule has 2 aromatic heterocycles. The zero-order valence-corrected chi connectivity index (χ0v) is 30.8. The molecule has 52 heavy (non-hydrogen) atoms. The second-order valence-corrected chi connectivity index (χ2v) is 11.7. The standard InChI is InChI=1S/C37H52N6O9/c1-6-28-23-38-24-29(7-2)33(28)36(46)42-31(35(45)40-12-14-48-5)22-27-8-10-30(11-9-27)34-32(25-41-43(4)37(34)47)52-21-20-51-19-18-50-17-16-49-15-13-39-26(3)44/h8-11,23-25,31H,6-7,12-22H2,1-5H3,(H,39,44)(H,40,45)(H,42,46). The fourth-order valence-electron chi connectivity index (χ4n) is 5.21. The van der Waals surface area contributed by atoms with Crippen molar-refractivity contribution in [2.24, 2.45) is 7.05 Å². The first-order valence-corrected chi connectivity index (χ1v) is 17.5. The molecule has 1 atom stereocenters. The van der Waals surface area contributed by atoms with E-state index >= 15 is 0 Å². The van der Waals surface area contributed by atoms with Crippen molar-refractivity contribution in [3.8, 4) is 16.9 Å². The average Bonchev–Trinajstić information content (AvgIpc) is 3.14. The highest BCUT2D eigenvalue weighted by Gasteiger charge is 2.25. The normalized spacial score (nSPS) is 11.6. The fraction of sp³-hybridized carbons (Fsp3) is 0.514. The Bertz CT molecular complexity index is 1610. The second-order valence-electron chi connectivity index (χ2n) is 11.7. The molecule has 3 N–H and O–H groups in total. The molecule has 0 aliphatic heterocycles. The van der Waals surface area contributed by atoms with Gasteiger partial charge in [0.1, 0.15) is 12.6 Å². The van der Waals surface area contributed by atoms with Gasteiger partial charge in [-0.3, -0.25) is 24.2 Å². The summed E-state index contributed by atoms with van der Waals surface area (Å²) in [4.78, 5) is 55.2. The first kappa shape index (κ1) is 41.7. The van der Waals surface area contributed by atoms with Crippen LogP contribution in [0.15, 0.2) is 47.7 Å². The summed E-state index contributed by atoms with van der Waals surface area (Å²) in [5.74, 6) is -0.455. The Labute approximate surface area is 304 Å². The molecule has 0 radical (unpaired) electrons. The molecular formula is C37H52N6O9. The first-order valence-electron chi connectivity index (χ1n) is 17.5. The van der Waals surface area contributed by atoms with Gasteiger partial charge in [0.05, 0.1) is 58.0 Å². The third kappa shape index (κ3) is 13.5. The lowest BCUT2D eigenvalue weighted by molar-refractivity contribution is -0.123. The van der Waals surface area contributed by atoms with Crippen molar-refractivity contribution in [3.63, 3.8) is 0 Å². The Morgan fingerprint density at radius 2 is 1.40 bits per heavy atom. The largest absolute Gasteiger partial charge is 0.489 e. The van der Waals surface area contributed by atoms with Gasteiger partial charge in [0.15, 0.2) is 5.75 Å². The van der Waals surface area contributed by atoms with Crippen LogP contribution in [-0.2, 0) is 54.8 Å². The fourth-order valence-corrected chi connectivity index (χ4v) is 5.21. The van der Waals surface area contributed by atoms with Gasteiger partial charge in [0.2, 0.25) is 11.8 Å². The Kier molecular flexibility index (Phi) is 18.4. The summed E-state index contributed by atoms with van der Waals surface area (Å²) < 4.78 is 28.7. The number of nitrogens with zero attached hydrogens (tertiary/aromatic N) is 3. The molecule has 0 aliphatic rings. The predicted molar refractivity (Wildman–Crippen MR) is 194 cm³/mol. The highest BCUT2D eigenvalue weighted by molar-refractivity contribution is 5.99. The third-order valence-corrected chi connectivity index (χ3v) is 7.95. The van der Waals surface area contributed by atoms with Crippen molar-refractivity contribution in [1.82, 2.24) is 30.7 Å². The summed E-state index contributed by atoms with van der Waals surface area (Å²) in [5.41, 5.74) is 3.55. The Hall–Kier alpha value is -4.70. The lowest BCUT2D eigenvalue weighted by atomic mass is 9.98. The van der Waals surface area contributed by atoms with Gasteiger partial charge in [-0.2, -0.15) is 5.10 Å². The number of methoxy groups -OCH3 is 1. The van der Waals surface area contributed by atoms with Crippen LogP contribution in [0.4, 0.5) is 0 Å². The van der Waals surface area contributed by atoms with E-state index in [4.69, 9.17) is 23.7 Å². The number of benzene rings is 1. The number of pyridine rings is 1. The number of rotatable bonds is 24. The SMILES string of the molecule is CCc1cncc(CC)c1C(=O)NC(Cc1ccc(-c2c(OCCOCCOCCOCCNC(C)=O)cnn(C)c2=O)cc1)C(=O)NCCOC. The van der Waals surface area contributed by atoms with Gasteiger partial charge in [-0.05, 0) is 35.1 Å². The van der Waals surface area contributed by atoms with Crippen molar-refractivity contribution >= 4 is 17.7 Å². The van der Waals surface area contributed by atoms with Gasteiger partial charge in [-0.1, -0.05) is 38.1 Å². The molecule has 284 valence electrons. The number of ether oxygens (including phenoxy) is 5. The minimum absolute atomic E-state index is 0.0954. The summed E-state index contributed by atoms with van der Waals surface area (Å²) in [6.07, 6.45) is 6.32. The van der Waals surface area contributed by atoms with Crippen LogP contribution in [0.25, 0.3) is 11.1 Å². The van der Waals surface area contributed by atoms with Gasteiger partial charge in [-0.25, -0.2) is 4.68 Å². The Morgan fingerprint density at radius 1 is 0.808 bits per heavy atom. The zero-order valence-electron chi connectivity index (χ0n) is 30.8. The van der Waals surface area contributed by atoms with Crippen LogP contribution in [0.5, 0.6) is 5.75 Å². The molecule has 0 saturated carbocycles. The summed E-state index contributed by atoms with van der Waals surface area (Å²) >= 11 is 0. The number of aryl methyl sites for hydroxylation is 3. The minimum Gasteiger partial charge on any atom is -0.489 e. The van der Waals surface area contributed by atoms with E-state index in [9.17, 15) is 19.2 Å². The molecule has 3 amide bonds. The third-order valence-electron chi connectivity index (χ3n) is 7.95. The number of hydrogen-bond acceptors (Lipinski definition) is 11. The van der Waals surface area contributed by atoms with E-state index in [1.54, 1.807) is 38.7 Å². The molecule has 0 fully saturated rings. The Morgan fingerprint density at radius 3 is 2.00 bits per heavy atom. The maximum atomic E-state index is 13.6. The van der Waals surface area contributed by atoms with Gasteiger partial charge in [0, 0.05) is 58.5 Å². The van der Waals surface area contributed by atoms with Crippen LogP contribution < -0.4 is 26.2 Å². The topological polar surface area (TPSA) is 181 Å². The molecule has 15 heteroatoms. The first-order chi connectivity index (χ1) is 25.2. The number of carbonyl (C=O) groups is 3. The van der Waals surface area contributed by atoms with E-state index in [2.05, 4.69) is 26.0 Å². The molecular weight excluding hydrogens is 672 g/mol. The maximum Gasteiger partial charge on any atom is 0.278 e. The minimum atomic E-state index is -0.870. The number of aromatic nitrogens is 3. The van der Waals surface area contributed by atoms with Crippen molar-refractivity contribution in [2.75, 3.05) is 73.1 Å². The van der Waals surface area contributed by atoms with Gasteiger partial charge >= 0.3 is 0 Å². The van der Waals surface area contributed by atoms with Gasteiger partial charge in [0.25, 0.3) is 11.5 Å². The van der Waals surface area contributed by atoms with Crippen LogP contribution in [0.2, 0.25) is 0 Å². The number of carbonyl (C=O) groups excluding carboxylic acids is 3.